The Morgan fingerprint density at radius 1 is 1.37 bits per heavy atom. The number of hydroxylamine groups is 1. The fraction of sp³-hybridized carbons (Fsp3) is 0.364. The molecule has 19 heavy (non-hydrogen) atoms. The van der Waals surface area contributed by atoms with E-state index in [4.69, 9.17) is 5.73 Å². The van der Waals surface area contributed by atoms with Gasteiger partial charge in [0.2, 0.25) is 10.0 Å². The van der Waals surface area contributed by atoms with Crippen LogP contribution < -0.4 is 11.2 Å². The predicted octanol–water partition coefficient (Wildman–Crippen LogP) is 0.0570. The van der Waals surface area contributed by atoms with Crippen LogP contribution in [0.3, 0.4) is 0 Å². The van der Waals surface area contributed by atoms with Crippen LogP contribution in [0.2, 0.25) is 0 Å². The molecule has 1 aliphatic heterocycles. The molecule has 1 heterocycles. The highest BCUT2D eigenvalue weighted by Gasteiger charge is 2.35. The van der Waals surface area contributed by atoms with Gasteiger partial charge >= 0.3 is 6.47 Å². The van der Waals surface area contributed by atoms with E-state index in [0.29, 0.717) is 25.1 Å². The Hall–Kier alpha value is -1.64. The first-order chi connectivity index (χ1) is 9.05. The Labute approximate surface area is 111 Å². The molecule has 1 aromatic rings. The molecular weight excluding hydrogens is 270 g/mol. The first-order valence-electron chi connectivity index (χ1n) is 5.78. The van der Waals surface area contributed by atoms with Crippen LogP contribution in [-0.2, 0) is 19.7 Å². The predicted molar refractivity (Wildman–Crippen MR) is 68.1 cm³/mol. The molecule has 0 bridgehead atoms. The Balaban J connectivity index is 2.23. The number of rotatable bonds is 5. The van der Waals surface area contributed by atoms with Gasteiger partial charge < -0.3 is 10.6 Å². The zero-order chi connectivity index (χ0) is 13.9. The minimum Gasteiger partial charge on any atom is -0.399 e. The molecule has 1 saturated heterocycles. The summed E-state index contributed by atoms with van der Waals surface area (Å²) in [6.45, 7) is 0.610. The summed E-state index contributed by atoms with van der Waals surface area (Å²) in [7, 11) is -3.62. The summed E-state index contributed by atoms with van der Waals surface area (Å²) in [4.78, 5) is 14.8. The number of carbonyl (C=O) groups is 1. The van der Waals surface area contributed by atoms with Gasteiger partial charge in [0.15, 0.2) is 0 Å². The molecule has 1 atom stereocenters. The molecule has 0 aliphatic carbocycles. The number of nitrogens with one attached hydrogen (secondary N) is 1. The third-order valence-electron chi connectivity index (χ3n) is 2.94. The Kier molecular flexibility index (Phi) is 4.03. The number of nitrogen functional groups attached to an aromatic ring is 1. The van der Waals surface area contributed by atoms with Crippen molar-refractivity contribution in [3.05, 3.63) is 24.3 Å². The van der Waals surface area contributed by atoms with Crippen molar-refractivity contribution < 1.29 is 18.0 Å². The Morgan fingerprint density at radius 2 is 2.05 bits per heavy atom. The second-order valence-corrected chi connectivity index (χ2v) is 6.07. The molecule has 3 N–H and O–H groups in total. The number of benzene rings is 1. The van der Waals surface area contributed by atoms with E-state index < -0.39 is 16.2 Å². The SMILES string of the molecule is Nc1ccc(S(=O)(=O)N2CCC[C@H]2NOC=O)cc1. The van der Waals surface area contributed by atoms with Crippen molar-refractivity contribution in [3.8, 4) is 0 Å². The maximum atomic E-state index is 12.4. The zero-order valence-electron chi connectivity index (χ0n) is 10.2. The van der Waals surface area contributed by atoms with E-state index in [2.05, 4.69) is 10.3 Å². The highest BCUT2D eigenvalue weighted by Crippen LogP contribution is 2.25. The van der Waals surface area contributed by atoms with Crippen LogP contribution in [0.4, 0.5) is 5.69 Å². The van der Waals surface area contributed by atoms with Crippen LogP contribution in [-0.4, -0.2) is 31.9 Å². The maximum absolute atomic E-state index is 12.4. The average molecular weight is 285 g/mol. The lowest BCUT2D eigenvalue weighted by Gasteiger charge is -2.23. The molecular formula is C11H15N3O4S. The van der Waals surface area contributed by atoms with Gasteiger partial charge in [0.05, 0.1) is 4.90 Å². The lowest BCUT2D eigenvalue weighted by molar-refractivity contribution is -0.138. The molecule has 1 fully saturated rings. The van der Waals surface area contributed by atoms with Gasteiger partial charge in [-0.25, -0.2) is 8.42 Å². The number of sulfonamides is 1. The molecule has 0 radical (unpaired) electrons. The molecule has 0 amide bonds. The molecule has 0 unspecified atom stereocenters. The quantitative estimate of drug-likeness (QED) is 0.450. The molecule has 104 valence electrons. The van der Waals surface area contributed by atoms with Crippen LogP contribution in [0.25, 0.3) is 0 Å². The molecule has 1 aromatic carbocycles. The topological polar surface area (TPSA) is 102 Å². The average Bonchev–Trinajstić information content (AvgIpc) is 2.86. The van der Waals surface area contributed by atoms with Crippen LogP contribution in [0.5, 0.6) is 0 Å². The lowest BCUT2D eigenvalue weighted by Crippen LogP contribution is -2.44. The van der Waals surface area contributed by atoms with E-state index in [1.807, 2.05) is 0 Å². The van der Waals surface area contributed by atoms with E-state index in [1.54, 1.807) is 0 Å². The molecule has 0 aromatic heterocycles. The summed E-state index contributed by atoms with van der Waals surface area (Å²) in [6, 6.07) is 5.99. The van der Waals surface area contributed by atoms with Crippen molar-refractivity contribution in [2.24, 2.45) is 0 Å². The number of carbonyl (C=O) groups excluding carboxylic acids is 1. The monoisotopic (exact) mass is 285 g/mol. The summed E-state index contributed by atoms with van der Waals surface area (Å²) >= 11 is 0. The van der Waals surface area contributed by atoms with E-state index in [0.717, 1.165) is 0 Å². The van der Waals surface area contributed by atoms with Crippen LogP contribution in [0, 0.1) is 0 Å². The molecule has 0 saturated carbocycles. The summed E-state index contributed by atoms with van der Waals surface area (Å²) < 4.78 is 26.1. The zero-order valence-corrected chi connectivity index (χ0v) is 11.0. The van der Waals surface area contributed by atoms with Crippen molar-refractivity contribution in [1.29, 1.82) is 0 Å². The van der Waals surface area contributed by atoms with Gasteiger partial charge in [-0.15, -0.1) is 5.48 Å². The second-order valence-electron chi connectivity index (χ2n) is 4.17. The standard InChI is InChI=1S/C11H15N3O4S/c12-9-3-5-10(6-4-9)19(16,17)14-7-1-2-11(14)13-18-8-15/h3-6,8,11,13H,1-2,7,12H2/t11-/m0/s1. The Morgan fingerprint density at radius 3 is 2.68 bits per heavy atom. The van der Waals surface area contributed by atoms with E-state index in [9.17, 15) is 13.2 Å². The normalized spacial score (nSPS) is 20.3. The largest absolute Gasteiger partial charge is 0.399 e. The van der Waals surface area contributed by atoms with Gasteiger partial charge in [-0.05, 0) is 37.1 Å². The minimum atomic E-state index is -3.62. The molecule has 0 spiro atoms. The maximum Gasteiger partial charge on any atom is 0.312 e. The highest BCUT2D eigenvalue weighted by atomic mass is 32.2. The van der Waals surface area contributed by atoms with Gasteiger partial charge in [-0.3, -0.25) is 4.79 Å². The fourth-order valence-corrected chi connectivity index (χ4v) is 3.63. The first-order valence-corrected chi connectivity index (χ1v) is 7.22. The van der Waals surface area contributed by atoms with Crippen molar-refractivity contribution in [3.63, 3.8) is 0 Å². The van der Waals surface area contributed by atoms with E-state index >= 15 is 0 Å². The minimum absolute atomic E-state index is 0.168. The van der Waals surface area contributed by atoms with Crippen LogP contribution in [0.15, 0.2) is 29.2 Å². The third kappa shape index (κ3) is 2.86. The molecule has 7 nitrogen and oxygen atoms in total. The summed E-state index contributed by atoms with van der Waals surface area (Å²) in [6.07, 6.45) is 0.753. The van der Waals surface area contributed by atoms with Gasteiger partial charge in [-0.1, -0.05) is 0 Å². The van der Waals surface area contributed by atoms with Crippen molar-refractivity contribution >= 4 is 22.2 Å². The van der Waals surface area contributed by atoms with Gasteiger partial charge in [0.25, 0.3) is 0 Å². The summed E-state index contributed by atoms with van der Waals surface area (Å²) in [5.74, 6) is 0. The van der Waals surface area contributed by atoms with Gasteiger partial charge in [-0.2, -0.15) is 4.31 Å². The summed E-state index contributed by atoms with van der Waals surface area (Å²) in [5.41, 5.74) is 8.46. The number of nitrogens with zero attached hydrogens (tertiary/aromatic N) is 1. The third-order valence-corrected chi connectivity index (χ3v) is 4.86. The van der Waals surface area contributed by atoms with Crippen molar-refractivity contribution in [2.45, 2.75) is 23.9 Å². The van der Waals surface area contributed by atoms with Gasteiger partial charge in [0, 0.05) is 12.2 Å². The van der Waals surface area contributed by atoms with Gasteiger partial charge in [0.1, 0.15) is 6.17 Å². The lowest BCUT2D eigenvalue weighted by atomic mass is 10.3. The second kappa shape index (κ2) is 5.55. The van der Waals surface area contributed by atoms with E-state index in [-0.39, 0.29) is 11.4 Å². The Bertz CT molecular complexity index is 544. The molecule has 8 heteroatoms. The van der Waals surface area contributed by atoms with Crippen LogP contribution in [0.1, 0.15) is 12.8 Å². The fourth-order valence-electron chi connectivity index (χ4n) is 2.03. The number of hydrogen-bond acceptors (Lipinski definition) is 6. The van der Waals surface area contributed by atoms with E-state index in [1.165, 1.54) is 28.6 Å². The summed E-state index contributed by atoms with van der Waals surface area (Å²) in [5, 5.41) is 0. The van der Waals surface area contributed by atoms with Crippen molar-refractivity contribution in [2.75, 3.05) is 12.3 Å². The number of hydrogen-bond donors (Lipinski definition) is 2. The molecule has 1 aliphatic rings. The number of nitrogens with two attached hydrogens (primary N) is 1. The van der Waals surface area contributed by atoms with Crippen LogP contribution >= 0.6 is 0 Å². The van der Waals surface area contributed by atoms with Crippen molar-refractivity contribution in [1.82, 2.24) is 9.79 Å². The first kappa shape index (κ1) is 13.8. The number of anilines is 1. The highest BCUT2D eigenvalue weighted by molar-refractivity contribution is 7.89. The molecule has 2 rings (SSSR count). The smallest absolute Gasteiger partial charge is 0.312 e.